The van der Waals surface area contributed by atoms with E-state index in [1.165, 1.54) is 12.1 Å². The van der Waals surface area contributed by atoms with Crippen molar-refractivity contribution in [1.82, 2.24) is 10.2 Å². The lowest BCUT2D eigenvalue weighted by molar-refractivity contribution is -0.137. The van der Waals surface area contributed by atoms with E-state index >= 15 is 0 Å². The molecule has 2 aromatic rings. The van der Waals surface area contributed by atoms with E-state index in [0.717, 1.165) is 23.4 Å². The van der Waals surface area contributed by atoms with Gasteiger partial charge in [-0.3, -0.25) is 5.10 Å². The minimum atomic E-state index is -4.27. The zero-order valence-corrected chi connectivity index (χ0v) is 8.25. The van der Waals surface area contributed by atoms with Crippen LogP contribution in [0.1, 0.15) is 16.8 Å². The van der Waals surface area contributed by atoms with Crippen LogP contribution in [0.4, 0.5) is 13.2 Å². The molecule has 0 aliphatic heterocycles. The molecule has 5 heteroatoms. The van der Waals surface area contributed by atoms with Crippen molar-refractivity contribution < 1.29 is 13.2 Å². The zero-order valence-electron chi connectivity index (χ0n) is 8.25. The van der Waals surface area contributed by atoms with Gasteiger partial charge in [0.2, 0.25) is 0 Å². The van der Waals surface area contributed by atoms with Crippen LogP contribution in [0.15, 0.2) is 36.5 Å². The lowest BCUT2D eigenvalue weighted by Gasteiger charge is -2.06. The monoisotopic (exact) mass is 226 g/mol. The average molecular weight is 226 g/mol. The molecule has 0 saturated carbocycles. The van der Waals surface area contributed by atoms with Crippen molar-refractivity contribution in [2.75, 3.05) is 0 Å². The molecule has 2 nitrogen and oxygen atoms in total. The Morgan fingerprint density at radius 1 is 1.06 bits per heavy atom. The minimum absolute atomic E-state index is 0.554. The lowest BCUT2D eigenvalue weighted by atomic mass is 10.1. The van der Waals surface area contributed by atoms with E-state index in [4.69, 9.17) is 0 Å². The number of alkyl halides is 3. The third-order valence-corrected chi connectivity index (χ3v) is 2.23. The van der Waals surface area contributed by atoms with E-state index < -0.39 is 11.7 Å². The third kappa shape index (κ3) is 2.42. The molecule has 1 aromatic heterocycles. The van der Waals surface area contributed by atoms with Gasteiger partial charge in [-0.25, -0.2) is 0 Å². The van der Waals surface area contributed by atoms with Gasteiger partial charge in [0.25, 0.3) is 0 Å². The van der Waals surface area contributed by atoms with Crippen LogP contribution in [-0.4, -0.2) is 10.2 Å². The van der Waals surface area contributed by atoms with Crippen LogP contribution in [0.3, 0.4) is 0 Å². The Balaban J connectivity index is 2.14. The van der Waals surface area contributed by atoms with E-state index in [-0.39, 0.29) is 0 Å². The Hall–Kier alpha value is -1.78. The van der Waals surface area contributed by atoms with E-state index in [9.17, 15) is 13.2 Å². The van der Waals surface area contributed by atoms with Crippen LogP contribution in [0.2, 0.25) is 0 Å². The Morgan fingerprint density at radius 3 is 2.25 bits per heavy atom. The molecule has 84 valence electrons. The summed E-state index contributed by atoms with van der Waals surface area (Å²) in [4.78, 5) is 0. The molecule has 1 aromatic carbocycles. The number of rotatable bonds is 2. The van der Waals surface area contributed by atoms with Gasteiger partial charge in [0.1, 0.15) is 0 Å². The molecular weight excluding hydrogens is 217 g/mol. The maximum Gasteiger partial charge on any atom is 0.416 e. The summed E-state index contributed by atoms with van der Waals surface area (Å²) in [6.07, 6.45) is -2.11. The van der Waals surface area contributed by atoms with Gasteiger partial charge in [-0.2, -0.15) is 18.3 Å². The number of hydrogen-bond acceptors (Lipinski definition) is 1. The van der Waals surface area contributed by atoms with Gasteiger partial charge in [0.05, 0.1) is 5.56 Å². The third-order valence-electron chi connectivity index (χ3n) is 2.23. The number of nitrogens with one attached hydrogen (secondary N) is 1. The van der Waals surface area contributed by atoms with Crippen LogP contribution in [0.25, 0.3) is 0 Å². The average Bonchev–Trinajstić information content (AvgIpc) is 2.70. The molecular formula is C11H9F3N2. The largest absolute Gasteiger partial charge is 0.416 e. The highest BCUT2D eigenvalue weighted by Crippen LogP contribution is 2.29. The van der Waals surface area contributed by atoms with Crippen molar-refractivity contribution in [3.8, 4) is 0 Å². The predicted molar refractivity (Wildman–Crippen MR) is 52.8 cm³/mol. The molecule has 0 bridgehead atoms. The SMILES string of the molecule is FC(F)(F)c1ccc(Cc2ccn[nH]2)cc1. The molecule has 0 aliphatic carbocycles. The van der Waals surface area contributed by atoms with E-state index in [2.05, 4.69) is 10.2 Å². The second-order valence-corrected chi connectivity index (χ2v) is 3.45. The Labute approximate surface area is 90.1 Å². The normalized spacial score (nSPS) is 11.7. The molecule has 0 radical (unpaired) electrons. The lowest BCUT2D eigenvalue weighted by Crippen LogP contribution is -2.04. The summed E-state index contributed by atoms with van der Waals surface area (Å²) in [5.41, 5.74) is 1.07. The van der Waals surface area contributed by atoms with Gasteiger partial charge in [0, 0.05) is 18.3 Å². The number of halogens is 3. The summed E-state index contributed by atoms with van der Waals surface area (Å²) in [7, 11) is 0. The number of benzene rings is 1. The van der Waals surface area contributed by atoms with Gasteiger partial charge < -0.3 is 0 Å². The quantitative estimate of drug-likeness (QED) is 0.837. The standard InChI is InChI=1S/C11H9F3N2/c12-11(13,14)9-3-1-8(2-4-9)7-10-5-6-15-16-10/h1-6H,7H2,(H,15,16). The van der Waals surface area contributed by atoms with Crippen molar-refractivity contribution >= 4 is 0 Å². The molecule has 0 amide bonds. The van der Waals surface area contributed by atoms with Crippen LogP contribution in [0.5, 0.6) is 0 Å². The fourth-order valence-corrected chi connectivity index (χ4v) is 1.41. The van der Waals surface area contributed by atoms with Gasteiger partial charge in [0.15, 0.2) is 0 Å². The maximum absolute atomic E-state index is 12.3. The van der Waals surface area contributed by atoms with Crippen LogP contribution >= 0.6 is 0 Å². The summed E-state index contributed by atoms with van der Waals surface area (Å²) in [5, 5.41) is 6.53. The fraction of sp³-hybridized carbons (Fsp3) is 0.182. The predicted octanol–water partition coefficient (Wildman–Crippen LogP) is 3.02. The molecule has 1 N–H and O–H groups in total. The maximum atomic E-state index is 12.3. The fourth-order valence-electron chi connectivity index (χ4n) is 1.41. The van der Waals surface area contributed by atoms with E-state index in [0.29, 0.717) is 6.42 Å². The number of aromatic nitrogens is 2. The first-order valence-electron chi connectivity index (χ1n) is 4.70. The molecule has 2 rings (SSSR count). The molecule has 0 unspecified atom stereocenters. The van der Waals surface area contributed by atoms with Crippen LogP contribution in [-0.2, 0) is 12.6 Å². The molecule has 16 heavy (non-hydrogen) atoms. The van der Waals surface area contributed by atoms with Crippen LogP contribution < -0.4 is 0 Å². The van der Waals surface area contributed by atoms with Gasteiger partial charge in [-0.1, -0.05) is 12.1 Å². The van der Waals surface area contributed by atoms with Crippen molar-refractivity contribution in [3.05, 3.63) is 53.3 Å². The Bertz CT molecular complexity index is 443. The van der Waals surface area contributed by atoms with Crippen molar-refractivity contribution in [3.63, 3.8) is 0 Å². The Morgan fingerprint density at radius 2 is 1.75 bits per heavy atom. The van der Waals surface area contributed by atoms with Crippen molar-refractivity contribution in [2.24, 2.45) is 0 Å². The second-order valence-electron chi connectivity index (χ2n) is 3.45. The van der Waals surface area contributed by atoms with Crippen LogP contribution in [0, 0.1) is 0 Å². The number of nitrogens with zero attached hydrogens (tertiary/aromatic N) is 1. The van der Waals surface area contributed by atoms with Gasteiger partial charge in [-0.15, -0.1) is 0 Å². The Kier molecular flexibility index (Phi) is 2.68. The highest BCUT2D eigenvalue weighted by atomic mass is 19.4. The highest BCUT2D eigenvalue weighted by Gasteiger charge is 2.29. The second kappa shape index (κ2) is 4.00. The van der Waals surface area contributed by atoms with Gasteiger partial charge >= 0.3 is 6.18 Å². The first-order chi connectivity index (χ1) is 7.55. The summed E-state index contributed by atoms with van der Waals surface area (Å²) < 4.78 is 36.8. The number of H-pyrrole nitrogens is 1. The van der Waals surface area contributed by atoms with E-state index in [1.54, 1.807) is 12.3 Å². The molecule has 0 spiro atoms. The molecule has 0 atom stereocenters. The number of hydrogen-bond donors (Lipinski definition) is 1. The smallest absolute Gasteiger partial charge is 0.282 e. The first-order valence-corrected chi connectivity index (χ1v) is 4.70. The first kappa shape index (κ1) is 10.7. The van der Waals surface area contributed by atoms with Crippen molar-refractivity contribution in [1.29, 1.82) is 0 Å². The summed E-state index contributed by atoms with van der Waals surface area (Å²) in [5.74, 6) is 0. The van der Waals surface area contributed by atoms with E-state index in [1.807, 2.05) is 0 Å². The molecule has 0 aliphatic rings. The summed E-state index contributed by atoms with van der Waals surface area (Å²) >= 11 is 0. The highest BCUT2D eigenvalue weighted by molar-refractivity contribution is 5.27. The molecule has 1 heterocycles. The minimum Gasteiger partial charge on any atom is -0.282 e. The zero-order chi connectivity index (χ0) is 11.6. The molecule has 0 fully saturated rings. The molecule has 0 saturated heterocycles. The summed E-state index contributed by atoms with van der Waals surface area (Å²) in [6.45, 7) is 0. The summed E-state index contributed by atoms with van der Waals surface area (Å²) in [6, 6.07) is 6.92. The number of aromatic amines is 1. The van der Waals surface area contributed by atoms with Crippen molar-refractivity contribution in [2.45, 2.75) is 12.6 Å². The topological polar surface area (TPSA) is 28.7 Å². The van der Waals surface area contributed by atoms with Gasteiger partial charge in [-0.05, 0) is 23.8 Å².